The zero-order valence-corrected chi connectivity index (χ0v) is 19.5. The summed E-state index contributed by atoms with van der Waals surface area (Å²) in [6.45, 7) is 1.45. The molecule has 0 spiro atoms. The molecule has 0 bridgehead atoms. The van der Waals surface area contributed by atoms with Crippen molar-refractivity contribution < 1.29 is 4.79 Å². The SMILES string of the molecule is O=C(c1cccc2ccccc12)N1CCC(n2nc(-c3ccccc3)cc2-c2ccccc2)CC1. The van der Waals surface area contributed by atoms with E-state index in [2.05, 4.69) is 59.3 Å². The van der Waals surface area contributed by atoms with Gasteiger partial charge in [0.25, 0.3) is 5.91 Å². The number of hydrogen-bond donors (Lipinski definition) is 0. The molecule has 172 valence electrons. The second kappa shape index (κ2) is 9.22. The summed E-state index contributed by atoms with van der Waals surface area (Å²) in [5.41, 5.74) is 5.18. The average Bonchev–Trinajstić information content (AvgIpc) is 3.39. The third kappa shape index (κ3) is 4.12. The summed E-state index contributed by atoms with van der Waals surface area (Å²) in [5, 5.41) is 7.19. The fourth-order valence-electron chi connectivity index (χ4n) is 5.14. The van der Waals surface area contributed by atoms with Crippen molar-refractivity contribution in [2.24, 2.45) is 0 Å². The van der Waals surface area contributed by atoms with E-state index in [1.165, 1.54) is 0 Å². The number of hydrogen-bond acceptors (Lipinski definition) is 2. The molecule has 4 nitrogen and oxygen atoms in total. The minimum absolute atomic E-state index is 0.119. The van der Waals surface area contributed by atoms with Crippen molar-refractivity contribution in [3.8, 4) is 22.5 Å². The first-order chi connectivity index (χ1) is 17.3. The lowest BCUT2D eigenvalue weighted by atomic mass is 10.0. The van der Waals surface area contributed by atoms with Gasteiger partial charge in [0.05, 0.1) is 17.4 Å². The van der Waals surface area contributed by atoms with Gasteiger partial charge in [-0.2, -0.15) is 5.10 Å². The number of rotatable bonds is 4. The lowest BCUT2D eigenvalue weighted by Crippen LogP contribution is -2.39. The molecule has 0 radical (unpaired) electrons. The molecule has 0 unspecified atom stereocenters. The van der Waals surface area contributed by atoms with Crippen LogP contribution in [0.3, 0.4) is 0 Å². The minimum atomic E-state index is 0.119. The van der Waals surface area contributed by atoms with Gasteiger partial charge in [0.2, 0.25) is 0 Å². The van der Waals surface area contributed by atoms with Gasteiger partial charge in [0.15, 0.2) is 0 Å². The van der Waals surface area contributed by atoms with E-state index in [1.807, 2.05) is 59.5 Å². The van der Waals surface area contributed by atoms with Gasteiger partial charge >= 0.3 is 0 Å². The minimum Gasteiger partial charge on any atom is -0.338 e. The smallest absolute Gasteiger partial charge is 0.254 e. The van der Waals surface area contributed by atoms with Crippen molar-refractivity contribution in [1.82, 2.24) is 14.7 Å². The first kappa shape index (κ1) is 21.4. The number of fused-ring (bicyclic) bond motifs is 1. The molecular formula is C31H27N3O. The number of aromatic nitrogens is 2. The highest BCUT2D eigenvalue weighted by Crippen LogP contribution is 2.33. The fourth-order valence-corrected chi connectivity index (χ4v) is 5.14. The number of benzene rings is 4. The van der Waals surface area contributed by atoms with Gasteiger partial charge in [0.1, 0.15) is 0 Å². The normalized spacial score (nSPS) is 14.3. The second-order valence-electron chi connectivity index (χ2n) is 9.14. The third-order valence-corrected chi connectivity index (χ3v) is 6.99. The predicted molar refractivity (Wildman–Crippen MR) is 141 cm³/mol. The van der Waals surface area contributed by atoms with E-state index in [0.717, 1.165) is 64.8 Å². The van der Waals surface area contributed by atoms with Crippen molar-refractivity contribution in [2.45, 2.75) is 18.9 Å². The molecular weight excluding hydrogens is 430 g/mol. The van der Waals surface area contributed by atoms with Crippen LogP contribution in [0.4, 0.5) is 0 Å². The molecule has 2 heterocycles. The van der Waals surface area contributed by atoms with Crippen LogP contribution in [0, 0.1) is 0 Å². The molecule has 0 saturated carbocycles. The van der Waals surface area contributed by atoms with Gasteiger partial charge in [-0.25, -0.2) is 0 Å². The Balaban J connectivity index is 1.27. The molecule has 6 rings (SSSR count). The maximum absolute atomic E-state index is 13.4. The number of carbonyl (C=O) groups excluding carboxylic acids is 1. The lowest BCUT2D eigenvalue weighted by molar-refractivity contribution is 0.0693. The van der Waals surface area contributed by atoms with E-state index in [0.29, 0.717) is 0 Å². The molecule has 4 aromatic carbocycles. The maximum Gasteiger partial charge on any atom is 0.254 e. The van der Waals surface area contributed by atoms with Crippen LogP contribution in [0.5, 0.6) is 0 Å². The van der Waals surface area contributed by atoms with Crippen LogP contribution in [-0.2, 0) is 0 Å². The highest BCUT2D eigenvalue weighted by Gasteiger charge is 2.27. The molecule has 0 aliphatic carbocycles. The second-order valence-corrected chi connectivity index (χ2v) is 9.14. The Bertz CT molecular complexity index is 1460. The Morgan fingerprint density at radius 3 is 2.09 bits per heavy atom. The van der Waals surface area contributed by atoms with E-state index in [9.17, 15) is 4.79 Å². The zero-order valence-electron chi connectivity index (χ0n) is 19.5. The monoisotopic (exact) mass is 457 g/mol. The van der Waals surface area contributed by atoms with Gasteiger partial charge in [-0.15, -0.1) is 0 Å². The van der Waals surface area contributed by atoms with Gasteiger partial charge < -0.3 is 4.90 Å². The van der Waals surface area contributed by atoms with Crippen molar-refractivity contribution in [1.29, 1.82) is 0 Å². The molecule has 1 aliphatic rings. The molecule has 35 heavy (non-hydrogen) atoms. The molecule has 1 aliphatic heterocycles. The van der Waals surface area contributed by atoms with Crippen molar-refractivity contribution >= 4 is 16.7 Å². The van der Waals surface area contributed by atoms with Crippen LogP contribution in [0.15, 0.2) is 109 Å². The zero-order chi connectivity index (χ0) is 23.6. The molecule has 0 atom stereocenters. The van der Waals surface area contributed by atoms with E-state index >= 15 is 0 Å². The number of nitrogens with zero attached hydrogens (tertiary/aromatic N) is 3. The number of likely N-dealkylation sites (tertiary alicyclic amines) is 1. The van der Waals surface area contributed by atoms with Gasteiger partial charge in [-0.05, 0) is 41.3 Å². The molecule has 0 N–H and O–H groups in total. The molecule has 1 amide bonds. The molecule has 1 saturated heterocycles. The van der Waals surface area contributed by atoms with Gasteiger partial charge in [-0.1, -0.05) is 97.1 Å². The van der Waals surface area contributed by atoms with Crippen molar-refractivity contribution in [3.63, 3.8) is 0 Å². The van der Waals surface area contributed by atoms with Gasteiger partial charge in [0, 0.05) is 24.2 Å². The average molecular weight is 458 g/mol. The third-order valence-electron chi connectivity index (χ3n) is 6.99. The number of piperidine rings is 1. The van der Waals surface area contributed by atoms with Crippen LogP contribution in [0.1, 0.15) is 29.2 Å². The highest BCUT2D eigenvalue weighted by molar-refractivity contribution is 6.07. The molecule has 4 heteroatoms. The number of amides is 1. The summed E-state index contributed by atoms with van der Waals surface area (Å²) >= 11 is 0. The summed E-state index contributed by atoms with van der Waals surface area (Å²) in [6, 6.07) is 37.3. The standard InChI is InChI=1S/C31H27N3O/c35-31(28-17-9-15-23-10-7-8-16-27(23)28)33-20-18-26(19-21-33)34-30(25-13-5-2-6-14-25)22-29(32-34)24-11-3-1-4-12-24/h1-17,22,26H,18-21H2. The quantitative estimate of drug-likeness (QED) is 0.296. The van der Waals surface area contributed by atoms with Crippen LogP contribution in [0.25, 0.3) is 33.3 Å². The number of carbonyl (C=O) groups is 1. The van der Waals surface area contributed by atoms with Crippen LogP contribution >= 0.6 is 0 Å². The largest absolute Gasteiger partial charge is 0.338 e. The van der Waals surface area contributed by atoms with E-state index in [-0.39, 0.29) is 11.9 Å². The Morgan fingerprint density at radius 1 is 0.714 bits per heavy atom. The lowest BCUT2D eigenvalue weighted by Gasteiger charge is -2.33. The molecule has 5 aromatic rings. The van der Waals surface area contributed by atoms with Crippen LogP contribution in [0.2, 0.25) is 0 Å². The van der Waals surface area contributed by atoms with E-state index in [1.54, 1.807) is 0 Å². The summed E-state index contributed by atoms with van der Waals surface area (Å²) in [6.07, 6.45) is 1.76. The summed E-state index contributed by atoms with van der Waals surface area (Å²) in [4.78, 5) is 15.4. The summed E-state index contributed by atoms with van der Waals surface area (Å²) < 4.78 is 2.19. The van der Waals surface area contributed by atoms with Crippen molar-refractivity contribution in [2.75, 3.05) is 13.1 Å². The summed E-state index contributed by atoms with van der Waals surface area (Å²) in [5.74, 6) is 0.119. The predicted octanol–water partition coefficient (Wildman–Crippen LogP) is 6.85. The van der Waals surface area contributed by atoms with E-state index < -0.39 is 0 Å². The fraction of sp³-hybridized carbons (Fsp3) is 0.161. The van der Waals surface area contributed by atoms with E-state index in [4.69, 9.17) is 5.10 Å². The Morgan fingerprint density at radius 2 is 1.34 bits per heavy atom. The van der Waals surface area contributed by atoms with Crippen molar-refractivity contribution in [3.05, 3.63) is 115 Å². The molecule has 1 fully saturated rings. The van der Waals surface area contributed by atoms with Crippen LogP contribution in [-0.4, -0.2) is 33.7 Å². The first-order valence-electron chi connectivity index (χ1n) is 12.3. The van der Waals surface area contributed by atoms with Crippen LogP contribution < -0.4 is 0 Å². The Kier molecular flexibility index (Phi) is 5.63. The highest BCUT2D eigenvalue weighted by atomic mass is 16.2. The summed E-state index contributed by atoms with van der Waals surface area (Å²) in [7, 11) is 0. The maximum atomic E-state index is 13.4. The Labute approximate surface area is 205 Å². The first-order valence-corrected chi connectivity index (χ1v) is 12.3. The topological polar surface area (TPSA) is 38.1 Å². The van der Waals surface area contributed by atoms with Gasteiger partial charge in [-0.3, -0.25) is 9.48 Å². The Hall–Kier alpha value is -4.18. The molecule has 1 aromatic heterocycles.